The zero-order valence-corrected chi connectivity index (χ0v) is 17.6. The molecule has 0 spiro atoms. The van der Waals surface area contributed by atoms with E-state index in [4.69, 9.17) is 9.10 Å². The van der Waals surface area contributed by atoms with Crippen molar-refractivity contribution in [3.8, 4) is 28.1 Å². The van der Waals surface area contributed by atoms with Gasteiger partial charge in [0.1, 0.15) is 12.9 Å². The Hall–Kier alpha value is -3.72. The van der Waals surface area contributed by atoms with E-state index >= 15 is 0 Å². The van der Waals surface area contributed by atoms with E-state index in [0.717, 1.165) is 51.2 Å². The number of nitrogens with zero attached hydrogens (tertiary/aromatic N) is 3. The van der Waals surface area contributed by atoms with Gasteiger partial charge in [0.25, 0.3) is 0 Å². The van der Waals surface area contributed by atoms with Crippen molar-refractivity contribution in [3.63, 3.8) is 0 Å². The van der Waals surface area contributed by atoms with Gasteiger partial charge in [-0.15, -0.1) is 0 Å². The van der Waals surface area contributed by atoms with Gasteiger partial charge in [-0.25, -0.2) is 9.55 Å². The minimum Gasteiger partial charge on any atom is -0.296 e. The molecule has 3 aromatic carbocycles. The van der Waals surface area contributed by atoms with E-state index in [1.807, 2.05) is 48.0 Å². The average Bonchev–Trinajstić information content (AvgIpc) is 3.34. The molecule has 0 saturated carbocycles. The molecular formula is C28H24N3+. The van der Waals surface area contributed by atoms with Gasteiger partial charge in [-0.2, -0.15) is 0 Å². The monoisotopic (exact) mass is 405 g/mol. The van der Waals surface area contributed by atoms with Crippen LogP contribution < -0.4 is 4.57 Å². The molecule has 5 aromatic rings. The van der Waals surface area contributed by atoms with Crippen molar-refractivity contribution >= 4 is 11.0 Å². The highest BCUT2D eigenvalue weighted by Gasteiger charge is 2.24. The van der Waals surface area contributed by atoms with Crippen molar-refractivity contribution in [3.05, 3.63) is 102 Å². The van der Waals surface area contributed by atoms with Crippen molar-refractivity contribution in [2.45, 2.75) is 20.2 Å². The lowest BCUT2D eigenvalue weighted by atomic mass is 9.97. The number of pyridine rings is 1. The van der Waals surface area contributed by atoms with Crippen LogP contribution in [0, 0.1) is 13.8 Å². The molecule has 150 valence electrons. The molecule has 0 atom stereocenters. The molecule has 3 heterocycles. The van der Waals surface area contributed by atoms with E-state index in [1.165, 1.54) is 11.3 Å². The molecule has 31 heavy (non-hydrogen) atoms. The van der Waals surface area contributed by atoms with Gasteiger partial charge in [-0.05, 0) is 54.2 Å². The molecule has 0 aliphatic carbocycles. The van der Waals surface area contributed by atoms with E-state index in [-0.39, 0.29) is 0 Å². The van der Waals surface area contributed by atoms with Gasteiger partial charge in [-0.3, -0.25) is 4.57 Å². The molecule has 0 amide bonds. The summed E-state index contributed by atoms with van der Waals surface area (Å²) in [4.78, 5) is 4.97. The summed E-state index contributed by atoms with van der Waals surface area (Å²) >= 11 is 0. The van der Waals surface area contributed by atoms with Gasteiger partial charge >= 0.3 is 0 Å². The minimum absolute atomic E-state index is 0.348. The highest BCUT2D eigenvalue weighted by molar-refractivity contribution is 5.86. The fourth-order valence-electron chi connectivity index (χ4n) is 4.76. The van der Waals surface area contributed by atoms with Crippen LogP contribution in [0.4, 0.5) is 0 Å². The Morgan fingerprint density at radius 2 is 1.74 bits per heavy atom. The molecule has 1 aliphatic rings. The number of hydrogen-bond acceptors (Lipinski definition) is 1. The highest BCUT2D eigenvalue weighted by Crippen LogP contribution is 2.35. The summed E-state index contributed by atoms with van der Waals surface area (Å²) in [6.07, 6.45) is 2.58. The fourth-order valence-corrected chi connectivity index (χ4v) is 4.76. The van der Waals surface area contributed by atoms with E-state index < -0.39 is 6.85 Å². The molecule has 0 bridgehead atoms. The third-order valence-corrected chi connectivity index (χ3v) is 6.29. The van der Waals surface area contributed by atoms with E-state index in [9.17, 15) is 0 Å². The molecule has 3 nitrogen and oxygen atoms in total. The number of aryl methyl sites for hydroxylation is 3. The summed E-state index contributed by atoms with van der Waals surface area (Å²) in [5, 5.41) is 0. The lowest BCUT2D eigenvalue weighted by molar-refractivity contribution is -0.660. The molecule has 3 heteroatoms. The first-order valence-corrected chi connectivity index (χ1v) is 10.5. The molecular weight excluding hydrogens is 378 g/mol. The Morgan fingerprint density at radius 1 is 0.935 bits per heavy atom. The molecule has 2 aromatic heterocycles. The van der Waals surface area contributed by atoms with Gasteiger partial charge in [0.05, 0.1) is 22.3 Å². The zero-order valence-electron chi connectivity index (χ0n) is 20.6. The van der Waals surface area contributed by atoms with Gasteiger partial charge in [-0.1, -0.05) is 48.5 Å². The van der Waals surface area contributed by atoms with Crippen molar-refractivity contribution < 1.29 is 8.68 Å². The summed E-state index contributed by atoms with van der Waals surface area (Å²) < 4.78 is 28.5. The smallest absolute Gasteiger partial charge is 0.213 e. The van der Waals surface area contributed by atoms with E-state index in [0.29, 0.717) is 5.56 Å². The van der Waals surface area contributed by atoms with Crippen molar-refractivity contribution in [2.24, 2.45) is 7.05 Å². The third kappa shape index (κ3) is 2.73. The summed E-state index contributed by atoms with van der Waals surface area (Å²) in [5.74, 6) is 1.06. The number of aromatic nitrogens is 3. The van der Waals surface area contributed by atoms with Crippen LogP contribution in [-0.4, -0.2) is 9.55 Å². The van der Waals surface area contributed by atoms with Crippen LogP contribution in [0.1, 0.15) is 26.6 Å². The van der Waals surface area contributed by atoms with Crippen molar-refractivity contribution in [1.29, 1.82) is 0 Å². The van der Waals surface area contributed by atoms with Gasteiger partial charge in [0.2, 0.25) is 5.69 Å². The minimum atomic E-state index is -2.21. The van der Waals surface area contributed by atoms with Crippen LogP contribution in [-0.2, 0) is 13.5 Å². The molecule has 6 rings (SSSR count). The second kappa shape index (κ2) is 6.64. The zero-order chi connectivity index (χ0) is 23.6. The van der Waals surface area contributed by atoms with Crippen LogP contribution in [0.2, 0.25) is 0 Å². The lowest BCUT2D eigenvalue weighted by Crippen LogP contribution is -2.31. The van der Waals surface area contributed by atoms with Crippen LogP contribution in [0.5, 0.6) is 0 Å². The number of imidazole rings is 1. The Balaban J connectivity index is 1.56. The average molecular weight is 406 g/mol. The first-order chi connectivity index (χ1) is 16.3. The van der Waals surface area contributed by atoms with Crippen LogP contribution in [0.3, 0.4) is 0 Å². The van der Waals surface area contributed by atoms with E-state index in [1.54, 1.807) is 6.20 Å². The molecule has 0 N–H and O–H groups in total. The van der Waals surface area contributed by atoms with Gasteiger partial charge in [0.15, 0.2) is 6.20 Å². The fraction of sp³-hybridized carbons (Fsp3) is 0.143. The highest BCUT2D eigenvalue weighted by atomic mass is 15.1. The molecule has 0 saturated heterocycles. The van der Waals surface area contributed by atoms with Crippen molar-refractivity contribution in [1.82, 2.24) is 9.55 Å². The Kier molecular flexibility index (Phi) is 3.24. The number of hydrogen-bond donors (Lipinski definition) is 0. The Morgan fingerprint density at radius 3 is 2.58 bits per heavy atom. The van der Waals surface area contributed by atoms with Crippen LogP contribution in [0.25, 0.3) is 39.1 Å². The first kappa shape index (κ1) is 15.1. The predicted molar refractivity (Wildman–Crippen MR) is 125 cm³/mol. The summed E-state index contributed by atoms with van der Waals surface area (Å²) in [6, 6.07) is 24.5. The molecule has 1 aliphatic heterocycles. The summed E-state index contributed by atoms with van der Waals surface area (Å²) in [7, 11) is 1.91. The number of benzene rings is 3. The topological polar surface area (TPSA) is 21.7 Å². The van der Waals surface area contributed by atoms with Gasteiger partial charge < -0.3 is 0 Å². The maximum absolute atomic E-state index is 8.11. The number of rotatable bonds is 2. The third-order valence-electron chi connectivity index (χ3n) is 6.29. The molecule has 0 fully saturated rings. The maximum atomic E-state index is 8.11. The maximum Gasteiger partial charge on any atom is 0.213 e. The van der Waals surface area contributed by atoms with E-state index in [2.05, 4.69) is 47.9 Å². The Labute approximate surface area is 186 Å². The number of fused-ring (bicyclic) bond motifs is 5. The first-order valence-electron chi connectivity index (χ1n) is 12.0. The summed E-state index contributed by atoms with van der Waals surface area (Å²) in [5.41, 5.74) is 9.66. The molecule has 0 unspecified atom stereocenters. The quantitative estimate of drug-likeness (QED) is 0.338. The molecule has 0 radical (unpaired) electrons. The predicted octanol–water partition coefficient (Wildman–Crippen LogP) is 5.71. The van der Waals surface area contributed by atoms with Crippen LogP contribution in [0.15, 0.2) is 79.0 Å². The lowest BCUT2D eigenvalue weighted by Gasteiger charge is -2.11. The van der Waals surface area contributed by atoms with Crippen LogP contribution >= 0.6 is 0 Å². The standard InChI is InChI=1S/C28H24N3/c1-18-13-27-24(29-28-14-21-11-7-8-12-25(21)31(27)28)15-23(18)26-16-22(19(2)17-30(26)3)20-9-5-4-6-10-20/h4-13,15-17H,14H2,1-3H3/q+1/i2D3. The SMILES string of the molecule is [2H]C([2H])([2H])c1c[n+](C)c(-c2cc3nc4n(c3cc2C)-c2ccccc2C4)cc1-c1ccccc1. The normalized spacial score (nSPS) is 14.1. The van der Waals surface area contributed by atoms with Gasteiger partial charge in [0, 0.05) is 22.2 Å². The number of para-hydroxylation sites is 1. The second-order valence-electron chi connectivity index (χ2n) is 8.29. The largest absolute Gasteiger partial charge is 0.296 e. The second-order valence-corrected chi connectivity index (χ2v) is 8.29. The van der Waals surface area contributed by atoms with Crippen molar-refractivity contribution in [2.75, 3.05) is 0 Å². The summed E-state index contributed by atoms with van der Waals surface area (Å²) in [6.45, 7) is -0.103. The Bertz CT molecular complexity index is 1580.